The highest BCUT2D eigenvalue weighted by Gasteiger charge is 2.28. The van der Waals surface area contributed by atoms with Gasteiger partial charge in [-0.1, -0.05) is 44.0 Å². The van der Waals surface area contributed by atoms with Crippen LogP contribution in [0.5, 0.6) is 0 Å². The highest BCUT2D eigenvalue weighted by atomic mass is 79.9. The standard InChI is InChI=1S/C18H12Br2O4S2/c19-13-5-9-15(10-6-13)25(21,22)17-3-1-2-4-18(17)26(23,24)16-11-7-14(20)8-12-16/h1-12H. The van der Waals surface area contributed by atoms with E-state index in [1.807, 2.05) is 0 Å². The smallest absolute Gasteiger partial charge is 0.207 e. The molecule has 0 unspecified atom stereocenters. The number of benzene rings is 3. The van der Waals surface area contributed by atoms with E-state index in [2.05, 4.69) is 31.9 Å². The van der Waals surface area contributed by atoms with Crippen LogP contribution in [0.25, 0.3) is 0 Å². The summed E-state index contributed by atoms with van der Waals surface area (Å²) in [6.07, 6.45) is 0. The summed E-state index contributed by atoms with van der Waals surface area (Å²) in [7, 11) is -7.99. The maximum absolute atomic E-state index is 13.0. The molecular weight excluding hydrogens is 504 g/mol. The van der Waals surface area contributed by atoms with Crippen LogP contribution in [0.4, 0.5) is 0 Å². The van der Waals surface area contributed by atoms with Gasteiger partial charge in [0.25, 0.3) is 0 Å². The topological polar surface area (TPSA) is 68.3 Å². The van der Waals surface area contributed by atoms with Crippen molar-refractivity contribution in [3.63, 3.8) is 0 Å². The Hall–Kier alpha value is -1.48. The third-order valence-corrected chi connectivity index (χ3v) is 8.52. The lowest BCUT2D eigenvalue weighted by Gasteiger charge is -2.12. The van der Waals surface area contributed by atoms with Crippen LogP contribution >= 0.6 is 31.9 Å². The Bertz CT molecular complexity index is 1060. The Balaban J connectivity index is 2.20. The number of rotatable bonds is 4. The van der Waals surface area contributed by atoms with E-state index in [-0.39, 0.29) is 19.6 Å². The predicted molar refractivity (Wildman–Crippen MR) is 106 cm³/mol. The van der Waals surface area contributed by atoms with Gasteiger partial charge in [-0.15, -0.1) is 0 Å². The molecule has 8 heteroatoms. The normalized spacial score (nSPS) is 12.1. The van der Waals surface area contributed by atoms with Gasteiger partial charge in [-0.2, -0.15) is 0 Å². The molecule has 0 fully saturated rings. The molecule has 0 saturated carbocycles. The van der Waals surface area contributed by atoms with Gasteiger partial charge in [0.05, 0.1) is 19.6 Å². The lowest BCUT2D eigenvalue weighted by Crippen LogP contribution is -2.10. The quantitative estimate of drug-likeness (QED) is 0.496. The third-order valence-electron chi connectivity index (χ3n) is 3.68. The summed E-state index contributed by atoms with van der Waals surface area (Å²) in [4.78, 5) is -0.436. The van der Waals surface area contributed by atoms with Crippen molar-refractivity contribution in [2.75, 3.05) is 0 Å². The van der Waals surface area contributed by atoms with Crippen molar-refractivity contribution in [3.05, 3.63) is 81.7 Å². The summed E-state index contributed by atoms with van der Waals surface area (Å²) in [6, 6.07) is 17.7. The Morgan fingerprint density at radius 2 is 0.808 bits per heavy atom. The molecule has 0 N–H and O–H groups in total. The SMILES string of the molecule is O=S(=O)(c1ccc(Br)cc1)c1ccccc1S(=O)(=O)c1ccc(Br)cc1. The minimum atomic E-state index is -3.99. The van der Waals surface area contributed by atoms with E-state index in [0.29, 0.717) is 0 Å². The Labute approximate surface area is 169 Å². The molecule has 3 rings (SSSR count). The van der Waals surface area contributed by atoms with Crippen molar-refractivity contribution >= 4 is 51.5 Å². The van der Waals surface area contributed by atoms with Crippen molar-refractivity contribution in [1.82, 2.24) is 0 Å². The molecule has 26 heavy (non-hydrogen) atoms. The fraction of sp³-hybridized carbons (Fsp3) is 0. The van der Waals surface area contributed by atoms with Crippen LogP contribution in [0, 0.1) is 0 Å². The average Bonchev–Trinajstić information content (AvgIpc) is 2.62. The van der Waals surface area contributed by atoms with Gasteiger partial charge in [0.2, 0.25) is 19.7 Å². The molecule has 0 saturated heterocycles. The first-order valence-electron chi connectivity index (χ1n) is 7.33. The molecule has 0 aliphatic heterocycles. The van der Waals surface area contributed by atoms with Gasteiger partial charge in [-0.25, -0.2) is 16.8 Å². The summed E-state index contributed by atoms with van der Waals surface area (Å²) in [5, 5.41) is 0. The van der Waals surface area contributed by atoms with E-state index < -0.39 is 19.7 Å². The van der Waals surface area contributed by atoms with Gasteiger partial charge in [-0.3, -0.25) is 0 Å². The minimum Gasteiger partial charge on any atom is -0.218 e. The second-order valence-corrected chi connectivity index (χ2v) is 11.0. The van der Waals surface area contributed by atoms with Crippen molar-refractivity contribution in [3.8, 4) is 0 Å². The number of hydrogen-bond acceptors (Lipinski definition) is 4. The van der Waals surface area contributed by atoms with E-state index >= 15 is 0 Å². The molecule has 0 aliphatic rings. The number of sulfone groups is 2. The number of hydrogen-bond donors (Lipinski definition) is 0. The second kappa shape index (κ2) is 7.26. The Kier molecular flexibility index (Phi) is 5.39. The molecular formula is C18H12Br2O4S2. The van der Waals surface area contributed by atoms with Gasteiger partial charge in [0.15, 0.2) is 0 Å². The highest BCUT2D eigenvalue weighted by Crippen LogP contribution is 2.31. The highest BCUT2D eigenvalue weighted by molar-refractivity contribution is 9.10. The summed E-state index contributed by atoms with van der Waals surface area (Å²) in [6.45, 7) is 0. The minimum absolute atomic E-state index is 0.0270. The average molecular weight is 516 g/mol. The molecule has 0 spiro atoms. The van der Waals surface area contributed by atoms with Crippen molar-refractivity contribution < 1.29 is 16.8 Å². The summed E-state index contributed by atoms with van der Waals surface area (Å²) in [5.74, 6) is 0. The van der Waals surface area contributed by atoms with Crippen molar-refractivity contribution in [2.45, 2.75) is 19.6 Å². The Morgan fingerprint density at radius 1 is 0.500 bits per heavy atom. The molecule has 134 valence electrons. The molecule has 0 heterocycles. The van der Waals surface area contributed by atoms with E-state index in [1.54, 1.807) is 24.3 Å². The monoisotopic (exact) mass is 514 g/mol. The third kappa shape index (κ3) is 3.64. The summed E-state index contributed by atoms with van der Waals surface area (Å²) < 4.78 is 53.5. The van der Waals surface area contributed by atoms with Crippen LogP contribution in [0.2, 0.25) is 0 Å². The molecule has 0 aromatic heterocycles. The van der Waals surface area contributed by atoms with E-state index in [9.17, 15) is 16.8 Å². The zero-order valence-electron chi connectivity index (χ0n) is 13.1. The molecule has 3 aromatic rings. The van der Waals surface area contributed by atoms with Gasteiger partial charge in [0.1, 0.15) is 0 Å². The van der Waals surface area contributed by atoms with Crippen LogP contribution < -0.4 is 0 Å². The van der Waals surface area contributed by atoms with Crippen LogP contribution in [0.15, 0.2) is 101 Å². The van der Waals surface area contributed by atoms with E-state index in [1.165, 1.54) is 48.5 Å². The van der Waals surface area contributed by atoms with Crippen LogP contribution in [0.3, 0.4) is 0 Å². The summed E-state index contributed by atoms with van der Waals surface area (Å²) >= 11 is 6.51. The molecule has 0 amide bonds. The van der Waals surface area contributed by atoms with E-state index in [4.69, 9.17) is 0 Å². The first-order valence-corrected chi connectivity index (χ1v) is 11.9. The van der Waals surface area contributed by atoms with Crippen LogP contribution in [-0.4, -0.2) is 16.8 Å². The molecule has 0 atom stereocenters. The Morgan fingerprint density at radius 3 is 1.12 bits per heavy atom. The zero-order chi connectivity index (χ0) is 18.9. The molecule has 4 nitrogen and oxygen atoms in total. The lowest BCUT2D eigenvalue weighted by atomic mass is 10.4. The zero-order valence-corrected chi connectivity index (χ0v) is 17.9. The van der Waals surface area contributed by atoms with Crippen molar-refractivity contribution in [1.29, 1.82) is 0 Å². The van der Waals surface area contributed by atoms with Crippen LogP contribution in [-0.2, 0) is 19.7 Å². The lowest BCUT2D eigenvalue weighted by molar-refractivity contribution is 0.582. The fourth-order valence-electron chi connectivity index (χ4n) is 2.38. The van der Waals surface area contributed by atoms with Gasteiger partial charge >= 0.3 is 0 Å². The van der Waals surface area contributed by atoms with Gasteiger partial charge < -0.3 is 0 Å². The second-order valence-electron chi connectivity index (χ2n) is 5.36. The maximum Gasteiger partial charge on any atom is 0.207 e. The van der Waals surface area contributed by atoms with Gasteiger partial charge in [-0.05, 0) is 60.7 Å². The first-order chi connectivity index (χ1) is 12.2. The van der Waals surface area contributed by atoms with E-state index in [0.717, 1.165) is 8.95 Å². The summed E-state index contributed by atoms with van der Waals surface area (Å²) in [5.41, 5.74) is 0. The van der Waals surface area contributed by atoms with Crippen LogP contribution in [0.1, 0.15) is 0 Å². The first kappa shape index (κ1) is 19.3. The largest absolute Gasteiger partial charge is 0.218 e. The number of halogens is 2. The van der Waals surface area contributed by atoms with Crippen molar-refractivity contribution in [2.24, 2.45) is 0 Å². The fourth-order valence-corrected chi connectivity index (χ4v) is 6.24. The molecule has 0 aliphatic carbocycles. The maximum atomic E-state index is 13.0. The molecule has 3 aromatic carbocycles. The predicted octanol–water partition coefficient (Wildman–Crippen LogP) is 4.88. The molecule has 0 radical (unpaired) electrons. The van der Waals surface area contributed by atoms with Gasteiger partial charge in [0, 0.05) is 8.95 Å². The molecule has 0 bridgehead atoms.